The Bertz CT molecular complexity index is 927. The highest BCUT2D eigenvalue weighted by Gasteiger charge is 2.08. The number of ether oxygens (including phenoxy) is 1. The van der Waals surface area contributed by atoms with E-state index in [0.717, 1.165) is 28.0 Å². The predicted octanol–water partition coefficient (Wildman–Crippen LogP) is 6.39. The zero-order chi connectivity index (χ0) is 17.8. The number of rotatable bonds is 6. The van der Waals surface area contributed by atoms with Gasteiger partial charge in [0, 0.05) is 21.9 Å². The first-order chi connectivity index (χ1) is 12.1. The minimum atomic E-state index is 0.0371. The second-order valence-electron chi connectivity index (χ2n) is 5.66. The van der Waals surface area contributed by atoms with Crippen molar-refractivity contribution < 1.29 is 9.53 Å². The molecule has 1 heterocycles. The van der Waals surface area contributed by atoms with Gasteiger partial charge in [-0.2, -0.15) is 0 Å². The fourth-order valence-corrected chi connectivity index (χ4v) is 3.46. The summed E-state index contributed by atoms with van der Waals surface area (Å²) >= 11 is 8.10. The lowest BCUT2D eigenvalue weighted by atomic mass is 10.1. The molecule has 0 fully saturated rings. The highest BCUT2D eigenvalue weighted by atomic mass is 35.5. The normalized spacial score (nSPS) is 10.8. The molecule has 3 rings (SSSR count). The van der Waals surface area contributed by atoms with E-state index in [1.54, 1.807) is 30.8 Å². The van der Waals surface area contributed by atoms with Gasteiger partial charge in [0.05, 0.1) is 10.5 Å². The number of hydrogen-bond acceptors (Lipinski definition) is 4. The molecule has 0 unspecified atom stereocenters. The van der Waals surface area contributed by atoms with Crippen LogP contribution in [0, 0.1) is 0 Å². The third-order valence-corrected chi connectivity index (χ3v) is 5.16. The first-order valence-electron chi connectivity index (χ1n) is 8.09. The van der Waals surface area contributed by atoms with E-state index in [-0.39, 0.29) is 5.78 Å². The highest BCUT2D eigenvalue weighted by molar-refractivity contribution is 7.99. The number of nitrogens with zero attached hydrogens (tertiary/aromatic N) is 1. The van der Waals surface area contributed by atoms with Crippen LogP contribution in [0.5, 0.6) is 11.6 Å². The molecule has 0 aliphatic carbocycles. The van der Waals surface area contributed by atoms with E-state index in [1.165, 1.54) is 0 Å². The molecule has 0 aliphatic heterocycles. The first kappa shape index (κ1) is 17.8. The second-order valence-corrected chi connectivity index (χ2v) is 7.23. The molecule has 0 bridgehead atoms. The van der Waals surface area contributed by atoms with Crippen LogP contribution in [0.25, 0.3) is 10.9 Å². The molecular weight excluding hydrogens is 354 g/mol. The molecule has 0 radical (unpaired) electrons. The summed E-state index contributed by atoms with van der Waals surface area (Å²) in [6.45, 7) is 3.70. The maximum absolute atomic E-state index is 11.5. The largest absolute Gasteiger partial charge is 0.437 e. The molecule has 0 spiro atoms. The maximum atomic E-state index is 11.5. The molecule has 0 amide bonds. The van der Waals surface area contributed by atoms with Gasteiger partial charge in [-0.1, -0.05) is 18.5 Å². The predicted molar refractivity (Wildman–Crippen MR) is 104 cm³/mol. The van der Waals surface area contributed by atoms with Crippen LogP contribution in [0.3, 0.4) is 0 Å². The molecule has 0 aliphatic rings. The Balaban J connectivity index is 1.83. The summed E-state index contributed by atoms with van der Waals surface area (Å²) in [4.78, 5) is 17.1. The summed E-state index contributed by atoms with van der Waals surface area (Å²) in [5.74, 6) is 2.15. The smallest absolute Gasteiger partial charge is 0.219 e. The van der Waals surface area contributed by atoms with Crippen molar-refractivity contribution in [1.29, 1.82) is 0 Å². The monoisotopic (exact) mass is 371 g/mol. The van der Waals surface area contributed by atoms with Crippen molar-refractivity contribution in [3.8, 4) is 11.6 Å². The van der Waals surface area contributed by atoms with Crippen LogP contribution in [0.2, 0.25) is 5.02 Å². The third-order valence-electron chi connectivity index (χ3n) is 3.66. The number of pyridine rings is 1. The van der Waals surface area contributed by atoms with E-state index in [4.69, 9.17) is 16.3 Å². The molecule has 128 valence electrons. The Kier molecular flexibility index (Phi) is 5.61. The van der Waals surface area contributed by atoms with Crippen LogP contribution < -0.4 is 4.74 Å². The molecule has 0 saturated carbocycles. The van der Waals surface area contributed by atoms with Crippen molar-refractivity contribution in [2.75, 3.05) is 5.75 Å². The Morgan fingerprint density at radius 3 is 2.72 bits per heavy atom. The number of carbonyl (C=O) groups excluding carboxylic acids is 1. The number of halogens is 1. The van der Waals surface area contributed by atoms with E-state index >= 15 is 0 Å². The average molecular weight is 372 g/mol. The van der Waals surface area contributed by atoms with Gasteiger partial charge < -0.3 is 4.74 Å². The SMILES string of the molecule is CCCSc1ccc(Oc2ccc3cc(C(C)=O)ccc3n2)c(Cl)c1. The fourth-order valence-electron chi connectivity index (χ4n) is 2.37. The first-order valence-corrected chi connectivity index (χ1v) is 9.45. The summed E-state index contributed by atoms with van der Waals surface area (Å²) in [5.41, 5.74) is 1.44. The summed E-state index contributed by atoms with van der Waals surface area (Å²) in [5, 5.41) is 1.47. The summed E-state index contributed by atoms with van der Waals surface area (Å²) in [6.07, 6.45) is 1.12. The second kappa shape index (κ2) is 7.89. The molecule has 3 nitrogen and oxygen atoms in total. The number of ketones is 1. The maximum Gasteiger partial charge on any atom is 0.219 e. The van der Waals surface area contributed by atoms with Crippen LogP contribution in [-0.2, 0) is 0 Å². The molecule has 1 aromatic heterocycles. The highest BCUT2D eigenvalue weighted by Crippen LogP contribution is 2.33. The van der Waals surface area contributed by atoms with Crippen molar-refractivity contribution in [2.45, 2.75) is 25.2 Å². The number of Topliss-reactive ketones (excluding diaryl/α,β-unsaturated/α-hetero) is 1. The van der Waals surface area contributed by atoms with Gasteiger partial charge in [0.25, 0.3) is 0 Å². The third kappa shape index (κ3) is 4.33. The molecule has 2 aromatic carbocycles. The quantitative estimate of drug-likeness (QED) is 0.372. The summed E-state index contributed by atoms with van der Waals surface area (Å²) in [7, 11) is 0. The summed E-state index contributed by atoms with van der Waals surface area (Å²) < 4.78 is 5.84. The van der Waals surface area contributed by atoms with Crippen molar-refractivity contribution in [1.82, 2.24) is 4.98 Å². The fraction of sp³-hybridized carbons (Fsp3) is 0.200. The van der Waals surface area contributed by atoms with Gasteiger partial charge in [0.1, 0.15) is 5.75 Å². The number of benzene rings is 2. The minimum absolute atomic E-state index is 0.0371. The number of fused-ring (bicyclic) bond motifs is 1. The minimum Gasteiger partial charge on any atom is -0.437 e. The van der Waals surface area contributed by atoms with E-state index in [1.807, 2.05) is 36.4 Å². The van der Waals surface area contributed by atoms with Gasteiger partial charge in [0.15, 0.2) is 5.78 Å². The zero-order valence-electron chi connectivity index (χ0n) is 14.1. The van der Waals surface area contributed by atoms with Crippen LogP contribution in [0.1, 0.15) is 30.6 Å². The Morgan fingerprint density at radius 1 is 1.16 bits per heavy atom. The topological polar surface area (TPSA) is 39.2 Å². The van der Waals surface area contributed by atoms with Crippen molar-refractivity contribution in [3.63, 3.8) is 0 Å². The zero-order valence-corrected chi connectivity index (χ0v) is 15.7. The molecule has 25 heavy (non-hydrogen) atoms. The number of aromatic nitrogens is 1. The molecule has 3 aromatic rings. The van der Waals surface area contributed by atoms with Crippen LogP contribution in [0.15, 0.2) is 53.4 Å². The Morgan fingerprint density at radius 2 is 2.00 bits per heavy atom. The Hall–Kier alpha value is -2.04. The van der Waals surface area contributed by atoms with E-state index in [9.17, 15) is 4.79 Å². The molecule has 0 N–H and O–H groups in total. The van der Waals surface area contributed by atoms with Gasteiger partial charge in [-0.05, 0) is 61.6 Å². The lowest BCUT2D eigenvalue weighted by Gasteiger charge is -2.09. The lowest BCUT2D eigenvalue weighted by Crippen LogP contribution is -1.93. The van der Waals surface area contributed by atoms with E-state index in [2.05, 4.69) is 11.9 Å². The molecule has 0 atom stereocenters. The number of hydrogen-bond donors (Lipinski definition) is 0. The Labute approximate surface area is 156 Å². The van der Waals surface area contributed by atoms with Gasteiger partial charge in [0.2, 0.25) is 5.88 Å². The van der Waals surface area contributed by atoms with Crippen LogP contribution in [-0.4, -0.2) is 16.5 Å². The van der Waals surface area contributed by atoms with Crippen molar-refractivity contribution >= 4 is 40.0 Å². The van der Waals surface area contributed by atoms with Gasteiger partial charge in [-0.3, -0.25) is 4.79 Å². The van der Waals surface area contributed by atoms with E-state index < -0.39 is 0 Å². The number of carbonyl (C=O) groups is 1. The van der Waals surface area contributed by atoms with Crippen LogP contribution >= 0.6 is 23.4 Å². The van der Waals surface area contributed by atoms with Crippen molar-refractivity contribution in [2.24, 2.45) is 0 Å². The lowest BCUT2D eigenvalue weighted by molar-refractivity contribution is 0.101. The molecule has 5 heteroatoms. The average Bonchev–Trinajstić information content (AvgIpc) is 2.61. The van der Waals surface area contributed by atoms with Crippen LogP contribution in [0.4, 0.5) is 0 Å². The number of thioether (sulfide) groups is 1. The molecule has 0 saturated heterocycles. The van der Waals surface area contributed by atoms with Gasteiger partial charge in [-0.25, -0.2) is 4.98 Å². The summed E-state index contributed by atoms with van der Waals surface area (Å²) in [6, 6.07) is 14.9. The van der Waals surface area contributed by atoms with Gasteiger partial charge >= 0.3 is 0 Å². The van der Waals surface area contributed by atoms with Gasteiger partial charge in [-0.15, -0.1) is 11.8 Å². The van der Waals surface area contributed by atoms with E-state index in [0.29, 0.717) is 22.2 Å². The standard InChI is InChI=1S/C20H18ClNO2S/c1-3-10-25-16-6-8-19(17(21)12-16)24-20-9-5-15-11-14(13(2)23)4-7-18(15)22-20/h4-9,11-12H,3,10H2,1-2H3. The molecular formula is C20H18ClNO2S. The van der Waals surface area contributed by atoms with Crippen molar-refractivity contribution in [3.05, 3.63) is 59.1 Å².